The third-order valence-corrected chi connectivity index (χ3v) is 8.05. The molecule has 38 heavy (non-hydrogen) atoms. The van der Waals surface area contributed by atoms with Crippen LogP contribution in [-0.2, 0) is 6.61 Å². The fourth-order valence-corrected chi connectivity index (χ4v) is 6.09. The van der Waals surface area contributed by atoms with Crippen LogP contribution in [-0.4, -0.2) is 17.0 Å². The average molecular weight is 526 g/mol. The first-order chi connectivity index (χ1) is 18.5. The van der Waals surface area contributed by atoms with E-state index in [0.29, 0.717) is 6.61 Å². The Hall–Kier alpha value is -3.64. The Bertz CT molecular complexity index is 1340. The molecule has 3 aromatic carbocycles. The van der Waals surface area contributed by atoms with Gasteiger partial charge in [0.05, 0.1) is 11.7 Å². The molecule has 0 spiro atoms. The Morgan fingerprint density at radius 3 is 2.29 bits per heavy atom. The van der Waals surface area contributed by atoms with Gasteiger partial charge in [0.25, 0.3) is 0 Å². The second-order valence-corrected chi connectivity index (χ2v) is 11.0. The molecule has 1 heterocycles. The third-order valence-electron chi connectivity index (χ3n) is 7.21. The van der Waals surface area contributed by atoms with Crippen molar-refractivity contribution in [2.24, 2.45) is 0 Å². The molecule has 0 unspecified atom stereocenters. The predicted molar refractivity (Wildman–Crippen MR) is 152 cm³/mol. The van der Waals surface area contributed by atoms with Gasteiger partial charge < -0.3 is 19.5 Å². The molecular formula is C32H33N2O3S-. The number of thiazole rings is 1. The molecular weight excluding hydrogens is 492 g/mol. The van der Waals surface area contributed by atoms with Crippen molar-refractivity contribution in [3.05, 3.63) is 94.9 Å². The van der Waals surface area contributed by atoms with Crippen molar-refractivity contribution in [2.45, 2.75) is 64.5 Å². The van der Waals surface area contributed by atoms with E-state index in [1.54, 1.807) is 35.6 Å². The van der Waals surface area contributed by atoms with Crippen molar-refractivity contribution in [1.29, 1.82) is 0 Å². The second kappa shape index (κ2) is 11.8. The van der Waals surface area contributed by atoms with E-state index in [1.807, 2.05) is 29.6 Å². The maximum Gasteiger partial charge on any atom is 0.190 e. The van der Waals surface area contributed by atoms with Crippen molar-refractivity contribution in [1.82, 2.24) is 4.98 Å². The first kappa shape index (κ1) is 26.0. The van der Waals surface area contributed by atoms with E-state index in [1.165, 1.54) is 43.2 Å². The minimum Gasteiger partial charge on any atom is -0.545 e. The molecule has 0 aliphatic heterocycles. The highest BCUT2D eigenvalue weighted by molar-refractivity contribution is 7.14. The summed E-state index contributed by atoms with van der Waals surface area (Å²) < 4.78 is 6.06. The average Bonchev–Trinajstić information content (AvgIpc) is 3.43. The highest BCUT2D eigenvalue weighted by atomic mass is 32.1. The molecule has 1 fully saturated rings. The summed E-state index contributed by atoms with van der Waals surface area (Å²) in [5, 5.41) is 14.0. The minimum absolute atomic E-state index is 0.148. The SMILES string of the molecule is CC(C)N(c1ccc(C(=O)[O-])cc1)c1nc(-c2ccc(OCc3ccc(C4CCCCC4)cc3)cc2)cs1. The summed E-state index contributed by atoms with van der Waals surface area (Å²) in [4.78, 5) is 18.1. The third kappa shape index (κ3) is 6.08. The lowest BCUT2D eigenvalue weighted by atomic mass is 9.84. The van der Waals surface area contributed by atoms with Crippen molar-refractivity contribution in [3.63, 3.8) is 0 Å². The van der Waals surface area contributed by atoms with Crippen LogP contribution in [0, 0.1) is 0 Å². The van der Waals surface area contributed by atoms with E-state index in [9.17, 15) is 9.90 Å². The molecule has 1 aliphatic rings. The van der Waals surface area contributed by atoms with E-state index in [0.717, 1.165) is 33.7 Å². The Kier molecular flexibility index (Phi) is 8.08. The molecule has 5 nitrogen and oxygen atoms in total. The van der Waals surface area contributed by atoms with Gasteiger partial charge in [0.15, 0.2) is 5.13 Å². The largest absolute Gasteiger partial charge is 0.545 e. The number of benzene rings is 3. The Morgan fingerprint density at radius 1 is 0.974 bits per heavy atom. The number of anilines is 2. The molecule has 0 saturated heterocycles. The van der Waals surface area contributed by atoms with Gasteiger partial charge in [-0.25, -0.2) is 4.98 Å². The van der Waals surface area contributed by atoms with Gasteiger partial charge in [-0.3, -0.25) is 0 Å². The Morgan fingerprint density at radius 2 is 1.66 bits per heavy atom. The first-order valence-corrected chi connectivity index (χ1v) is 14.2. The molecule has 0 atom stereocenters. The highest BCUT2D eigenvalue weighted by Crippen LogP contribution is 2.35. The molecule has 6 heteroatoms. The quantitative estimate of drug-likeness (QED) is 0.229. The summed E-state index contributed by atoms with van der Waals surface area (Å²) >= 11 is 1.56. The number of ether oxygens (including phenoxy) is 1. The number of carboxylic acids is 1. The summed E-state index contributed by atoms with van der Waals surface area (Å²) in [5.41, 5.74) is 5.61. The maximum atomic E-state index is 11.1. The summed E-state index contributed by atoms with van der Waals surface area (Å²) in [6, 6.07) is 23.9. The van der Waals surface area contributed by atoms with Crippen LogP contribution in [0.5, 0.6) is 5.75 Å². The van der Waals surface area contributed by atoms with Crippen molar-refractivity contribution < 1.29 is 14.6 Å². The van der Waals surface area contributed by atoms with Crippen LogP contribution in [0.15, 0.2) is 78.2 Å². The molecule has 1 saturated carbocycles. The number of aromatic nitrogens is 1. The number of carbonyl (C=O) groups excluding carboxylic acids is 1. The van der Waals surface area contributed by atoms with Gasteiger partial charge in [-0.2, -0.15) is 0 Å². The van der Waals surface area contributed by atoms with Crippen molar-refractivity contribution in [3.8, 4) is 17.0 Å². The van der Waals surface area contributed by atoms with Crippen LogP contribution < -0.4 is 14.7 Å². The molecule has 0 N–H and O–H groups in total. The predicted octanol–water partition coefficient (Wildman–Crippen LogP) is 7.35. The summed E-state index contributed by atoms with van der Waals surface area (Å²) in [5.74, 6) is 0.377. The molecule has 0 bridgehead atoms. The number of carbonyl (C=O) groups is 1. The minimum atomic E-state index is -1.18. The van der Waals surface area contributed by atoms with E-state index < -0.39 is 5.97 Å². The number of hydrogen-bond acceptors (Lipinski definition) is 6. The van der Waals surface area contributed by atoms with Gasteiger partial charge in [0.1, 0.15) is 12.4 Å². The molecule has 5 rings (SSSR count). The molecule has 1 aromatic heterocycles. The van der Waals surface area contributed by atoms with Crippen LogP contribution in [0.4, 0.5) is 10.8 Å². The smallest absolute Gasteiger partial charge is 0.190 e. The number of aromatic carboxylic acids is 1. The molecule has 1 aliphatic carbocycles. The molecule has 0 radical (unpaired) electrons. The van der Waals surface area contributed by atoms with E-state index in [-0.39, 0.29) is 11.6 Å². The number of carboxylic acid groups (broad SMARTS) is 1. The first-order valence-electron chi connectivity index (χ1n) is 13.4. The fraction of sp³-hybridized carbons (Fsp3) is 0.312. The van der Waals surface area contributed by atoms with E-state index >= 15 is 0 Å². The van der Waals surface area contributed by atoms with Crippen LogP contribution in [0.2, 0.25) is 0 Å². The lowest BCUT2D eigenvalue weighted by Gasteiger charge is -2.26. The summed E-state index contributed by atoms with van der Waals surface area (Å²) in [7, 11) is 0. The van der Waals surface area contributed by atoms with Gasteiger partial charge >= 0.3 is 0 Å². The van der Waals surface area contributed by atoms with Gasteiger partial charge in [0.2, 0.25) is 0 Å². The number of nitrogens with zero attached hydrogens (tertiary/aromatic N) is 2. The summed E-state index contributed by atoms with van der Waals surface area (Å²) in [6.07, 6.45) is 6.71. The maximum absolute atomic E-state index is 11.1. The molecule has 4 aromatic rings. The topological polar surface area (TPSA) is 65.5 Å². The normalized spacial score (nSPS) is 14.0. The number of hydrogen-bond donors (Lipinski definition) is 0. The second-order valence-electron chi connectivity index (χ2n) is 10.2. The van der Waals surface area contributed by atoms with Crippen molar-refractivity contribution in [2.75, 3.05) is 4.90 Å². The zero-order chi connectivity index (χ0) is 26.5. The number of rotatable bonds is 9. The van der Waals surface area contributed by atoms with Gasteiger partial charge in [0, 0.05) is 22.7 Å². The van der Waals surface area contributed by atoms with Gasteiger partial charge in [-0.05, 0) is 85.7 Å². The molecule has 196 valence electrons. The van der Waals surface area contributed by atoms with E-state index in [2.05, 4.69) is 43.0 Å². The highest BCUT2D eigenvalue weighted by Gasteiger charge is 2.18. The van der Waals surface area contributed by atoms with Crippen LogP contribution in [0.25, 0.3) is 11.3 Å². The van der Waals surface area contributed by atoms with Crippen LogP contribution in [0.1, 0.15) is 73.4 Å². The van der Waals surface area contributed by atoms with Gasteiger partial charge in [-0.15, -0.1) is 11.3 Å². The zero-order valence-corrected chi connectivity index (χ0v) is 22.7. The van der Waals surface area contributed by atoms with Crippen LogP contribution in [0.3, 0.4) is 0 Å². The summed E-state index contributed by atoms with van der Waals surface area (Å²) in [6.45, 7) is 4.72. The fourth-order valence-electron chi connectivity index (χ4n) is 5.11. The van der Waals surface area contributed by atoms with Gasteiger partial charge in [-0.1, -0.05) is 55.7 Å². The zero-order valence-electron chi connectivity index (χ0n) is 21.9. The van der Waals surface area contributed by atoms with Crippen molar-refractivity contribution >= 4 is 28.1 Å². The van der Waals surface area contributed by atoms with E-state index in [4.69, 9.17) is 9.72 Å². The lowest BCUT2D eigenvalue weighted by molar-refractivity contribution is -0.255. The standard InChI is InChI=1S/C32H34N2O3S/c1-22(2)34(28-16-12-27(13-17-28)31(35)36)32-33-30(21-38-32)26-14-18-29(19-15-26)37-20-23-8-10-25(11-9-23)24-6-4-3-5-7-24/h8-19,21-22,24H,3-7,20H2,1-2H3,(H,35,36)/p-1. The van der Waals surface area contributed by atoms with Crippen LogP contribution >= 0.6 is 11.3 Å². The lowest BCUT2D eigenvalue weighted by Crippen LogP contribution is -2.26. The Labute approximate surface area is 228 Å². The Balaban J connectivity index is 1.22. The monoisotopic (exact) mass is 525 g/mol. The molecule has 0 amide bonds.